The molecule has 2 N–H and O–H groups in total. The van der Waals surface area contributed by atoms with Gasteiger partial charge in [0.25, 0.3) is 0 Å². The van der Waals surface area contributed by atoms with Crippen molar-refractivity contribution in [1.82, 2.24) is 5.32 Å². The summed E-state index contributed by atoms with van der Waals surface area (Å²) in [7, 11) is 0. The van der Waals surface area contributed by atoms with E-state index in [0.29, 0.717) is 6.42 Å². The van der Waals surface area contributed by atoms with Crippen LogP contribution in [0.3, 0.4) is 0 Å². The SMILES string of the molecule is CCC(C)(NC1CCCc2ccccc21)C(=O)O. The average Bonchev–Trinajstić information content (AvgIpc) is 2.39. The Morgan fingerprint density at radius 2 is 2.22 bits per heavy atom. The van der Waals surface area contributed by atoms with Gasteiger partial charge in [0.15, 0.2) is 0 Å². The second kappa shape index (κ2) is 5.11. The number of rotatable bonds is 4. The molecular weight excluding hydrogens is 226 g/mol. The van der Waals surface area contributed by atoms with Gasteiger partial charge in [-0.05, 0) is 43.7 Å². The third kappa shape index (κ3) is 2.41. The largest absolute Gasteiger partial charge is 0.480 e. The van der Waals surface area contributed by atoms with Crippen LogP contribution in [0.4, 0.5) is 0 Å². The van der Waals surface area contributed by atoms with E-state index in [1.165, 1.54) is 11.1 Å². The number of nitrogens with one attached hydrogen (secondary N) is 1. The number of fused-ring (bicyclic) bond motifs is 1. The summed E-state index contributed by atoms with van der Waals surface area (Å²) in [5.74, 6) is -0.770. The third-order valence-corrected chi connectivity index (χ3v) is 4.04. The lowest BCUT2D eigenvalue weighted by Gasteiger charge is -2.34. The molecule has 0 radical (unpaired) electrons. The quantitative estimate of drug-likeness (QED) is 0.860. The van der Waals surface area contributed by atoms with Crippen molar-refractivity contribution in [2.24, 2.45) is 0 Å². The number of benzene rings is 1. The van der Waals surface area contributed by atoms with Crippen LogP contribution in [0, 0.1) is 0 Å². The fourth-order valence-corrected chi connectivity index (χ4v) is 2.60. The summed E-state index contributed by atoms with van der Waals surface area (Å²) < 4.78 is 0. The lowest BCUT2D eigenvalue weighted by molar-refractivity contribution is -0.144. The highest BCUT2D eigenvalue weighted by atomic mass is 16.4. The first-order valence-electron chi connectivity index (χ1n) is 6.65. The lowest BCUT2D eigenvalue weighted by Crippen LogP contribution is -2.51. The van der Waals surface area contributed by atoms with Crippen molar-refractivity contribution in [3.05, 3.63) is 35.4 Å². The molecule has 1 aliphatic carbocycles. The van der Waals surface area contributed by atoms with Gasteiger partial charge < -0.3 is 5.11 Å². The molecule has 1 aromatic rings. The van der Waals surface area contributed by atoms with Crippen LogP contribution in [0.15, 0.2) is 24.3 Å². The highest BCUT2D eigenvalue weighted by molar-refractivity contribution is 5.78. The molecule has 0 heterocycles. The molecule has 98 valence electrons. The van der Waals surface area contributed by atoms with Gasteiger partial charge >= 0.3 is 5.97 Å². The summed E-state index contributed by atoms with van der Waals surface area (Å²) in [6, 6.07) is 8.51. The monoisotopic (exact) mass is 247 g/mol. The van der Waals surface area contributed by atoms with Crippen molar-refractivity contribution in [1.29, 1.82) is 0 Å². The molecule has 0 bridgehead atoms. The molecule has 0 amide bonds. The summed E-state index contributed by atoms with van der Waals surface area (Å²) in [5.41, 5.74) is 1.78. The maximum Gasteiger partial charge on any atom is 0.323 e. The van der Waals surface area contributed by atoms with Crippen LogP contribution in [0.25, 0.3) is 0 Å². The van der Waals surface area contributed by atoms with Crippen LogP contribution in [-0.2, 0) is 11.2 Å². The number of hydrogen-bond donors (Lipinski definition) is 2. The van der Waals surface area contributed by atoms with Crippen molar-refractivity contribution < 1.29 is 9.90 Å². The summed E-state index contributed by atoms with van der Waals surface area (Å²) in [6.07, 6.45) is 3.82. The fourth-order valence-electron chi connectivity index (χ4n) is 2.60. The van der Waals surface area contributed by atoms with Crippen molar-refractivity contribution in [3.63, 3.8) is 0 Å². The molecule has 0 aromatic heterocycles. The Labute approximate surface area is 108 Å². The van der Waals surface area contributed by atoms with Crippen molar-refractivity contribution in [3.8, 4) is 0 Å². The minimum absolute atomic E-state index is 0.163. The van der Waals surface area contributed by atoms with E-state index >= 15 is 0 Å². The number of carboxylic acid groups (broad SMARTS) is 1. The molecule has 0 spiro atoms. The Kier molecular flexibility index (Phi) is 3.71. The molecule has 0 aliphatic heterocycles. The number of hydrogen-bond acceptors (Lipinski definition) is 2. The van der Waals surface area contributed by atoms with Gasteiger partial charge in [0.2, 0.25) is 0 Å². The molecule has 2 rings (SSSR count). The molecule has 1 aliphatic rings. The van der Waals surface area contributed by atoms with Gasteiger partial charge in [-0.3, -0.25) is 10.1 Å². The van der Waals surface area contributed by atoms with Crippen LogP contribution < -0.4 is 5.32 Å². The van der Waals surface area contributed by atoms with E-state index in [-0.39, 0.29) is 6.04 Å². The van der Waals surface area contributed by atoms with Crippen molar-refractivity contribution in [2.45, 2.75) is 51.1 Å². The molecule has 2 unspecified atom stereocenters. The predicted molar refractivity (Wildman–Crippen MR) is 71.6 cm³/mol. The number of aliphatic carboxylic acids is 1. The maximum absolute atomic E-state index is 11.4. The summed E-state index contributed by atoms with van der Waals surface area (Å²) >= 11 is 0. The van der Waals surface area contributed by atoms with Gasteiger partial charge in [-0.25, -0.2) is 0 Å². The normalized spacial score (nSPS) is 22.0. The predicted octanol–water partition coefficient (Wildman–Crippen LogP) is 2.91. The zero-order valence-corrected chi connectivity index (χ0v) is 11.1. The van der Waals surface area contributed by atoms with Gasteiger partial charge in [0.05, 0.1) is 0 Å². The van der Waals surface area contributed by atoms with E-state index in [1.54, 1.807) is 6.92 Å². The van der Waals surface area contributed by atoms with E-state index in [9.17, 15) is 9.90 Å². The Bertz CT molecular complexity index is 444. The van der Waals surface area contributed by atoms with Gasteiger partial charge in [0.1, 0.15) is 5.54 Å². The average molecular weight is 247 g/mol. The first-order chi connectivity index (χ1) is 8.57. The minimum Gasteiger partial charge on any atom is -0.480 e. The lowest BCUT2D eigenvalue weighted by atomic mass is 9.85. The molecular formula is C15H21NO2. The summed E-state index contributed by atoms with van der Waals surface area (Å²) in [5, 5.41) is 12.7. The summed E-state index contributed by atoms with van der Waals surface area (Å²) in [6.45, 7) is 3.68. The fraction of sp³-hybridized carbons (Fsp3) is 0.533. The smallest absolute Gasteiger partial charge is 0.323 e. The van der Waals surface area contributed by atoms with E-state index in [2.05, 4.69) is 23.5 Å². The topological polar surface area (TPSA) is 49.3 Å². The highest BCUT2D eigenvalue weighted by Gasteiger charge is 2.34. The van der Waals surface area contributed by atoms with Gasteiger partial charge in [0, 0.05) is 6.04 Å². The van der Waals surface area contributed by atoms with Crippen LogP contribution in [-0.4, -0.2) is 16.6 Å². The molecule has 0 saturated carbocycles. The molecule has 3 nitrogen and oxygen atoms in total. The molecule has 3 heteroatoms. The molecule has 0 saturated heterocycles. The number of aryl methyl sites for hydroxylation is 1. The van der Waals surface area contributed by atoms with E-state index in [4.69, 9.17) is 0 Å². The van der Waals surface area contributed by atoms with Gasteiger partial charge in [-0.15, -0.1) is 0 Å². The van der Waals surface area contributed by atoms with Gasteiger partial charge in [-0.1, -0.05) is 31.2 Å². The molecule has 2 atom stereocenters. The standard InChI is InChI=1S/C15H21NO2/c1-3-15(2,14(17)18)16-13-10-6-8-11-7-4-5-9-12(11)13/h4-5,7,9,13,16H,3,6,8,10H2,1-2H3,(H,17,18). The second-order valence-electron chi connectivity index (χ2n) is 5.28. The Hall–Kier alpha value is -1.35. The number of carboxylic acids is 1. The first kappa shape index (κ1) is 13.1. The Morgan fingerprint density at radius 1 is 1.50 bits per heavy atom. The van der Waals surface area contributed by atoms with Crippen LogP contribution >= 0.6 is 0 Å². The van der Waals surface area contributed by atoms with Crippen LogP contribution in [0.2, 0.25) is 0 Å². The van der Waals surface area contributed by atoms with Gasteiger partial charge in [-0.2, -0.15) is 0 Å². The van der Waals surface area contributed by atoms with E-state index in [1.807, 2.05) is 13.0 Å². The Morgan fingerprint density at radius 3 is 2.89 bits per heavy atom. The molecule has 18 heavy (non-hydrogen) atoms. The minimum atomic E-state index is -0.838. The number of carbonyl (C=O) groups is 1. The summed E-state index contributed by atoms with van der Waals surface area (Å²) in [4.78, 5) is 11.4. The molecule has 0 fully saturated rings. The molecule has 1 aromatic carbocycles. The zero-order chi connectivity index (χ0) is 13.2. The van der Waals surface area contributed by atoms with E-state index in [0.717, 1.165) is 19.3 Å². The van der Waals surface area contributed by atoms with E-state index < -0.39 is 11.5 Å². The zero-order valence-electron chi connectivity index (χ0n) is 11.1. The maximum atomic E-state index is 11.4. The Balaban J connectivity index is 2.23. The first-order valence-corrected chi connectivity index (χ1v) is 6.65. The second-order valence-corrected chi connectivity index (χ2v) is 5.28. The van der Waals surface area contributed by atoms with Crippen molar-refractivity contribution >= 4 is 5.97 Å². The third-order valence-electron chi connectivity index (χ3n) is 4.04. The highest BCUT2D eigenvalue weighted by Crippen LogP contribution is 2.31. The van der Waals surface area contributed by atoms with Crippen LogP contribution in [0.5, 0.6) is 0 Å². The van der Waals surface area contributed by atoms with Crippen LogP contribution in [0.1, 0.15) is 50.3 Å². The van der Waals surface area contributed by atoms with Crippen molar-refractivity contribution in [2.75, 3.05) is 0 Å².